The van der Waals surface area contributed by atoms with Gasteiger partial charge in [0, 0.05) is 11.3 Å². The van der Waals surface area contributed by atoms with Gasteiger partial charge in [-0.1, -0.05) is 66.7 Å². The molecule has 0 heterocycles. The van der Waals surface area contributed by atoms with Crippen LogP contribution in [0.3, 0.4) is 0 Å². The van der Waals surface area contributed by atoms with Crippen LogP contribution in [0.5, 0.6) is 5.75 Å². The lowest BCUT2D eigenvalue weighted by Gasteiger charge is -2.18. The first-order valence-corrected chi connectivity index (χ1v) is 10.1. The standard InChI is InChI=1S/C26H27NO/c1-18(22-6-4-3-5-7-22)27-19(2)25-23-14-12-20-8-10-21(11-9-20)13-15-24(17-16-23)26(25)28/h3-11,16-18,28H,12-15H2,1-2H3/b27-19+/t18-/m0/s1. The average Bonchev–Trinajstić information content (AvgIpc) is 2.71. The number of aliphatic imine (C=N–C) groups is 1. The maximum absolute atomic E-state index is 11.1. The summed E-state index contributed by atoms with van der Waals surface area (Å²) in [7, 11) is 0. The smallest absolute Gasteiger partial charge is 0.128 e. The number of aryl methyl sites for hydroxylation is 4. The number of hydrogen-bond donors (Lipinski definition) is 1. The Labute approximate surface area is 167 Å². The van der Waals surface area contributed by atoms with Gasteiger partial charge in [-0.2, -0.15) is 0 Å². The van der Waals surface area contributed by atoms with Crippen molar-refractivity contribution in [3.8, 4) is 5.75 Å². The average molecular weight is 370 g/mol. The van der Waals surface area contributed by atoms with Crippen molar-refractivity contribution in [2.24, 2.45) is 4.99 Å². The van der Waals surface area contributed by atoms with Crippen LogP contribution in [-0.4, -0.2) is 10.8 Å². The number of aromatic hydroxyl groups is 1. The molecule has 1 N–H and O–H groups in total. The molecular weight excluding hydrogens is 342 g/mol. The lowest BCUT2D eigenvalue weighted by molar-refractivity contribution is 0.465. The van der Waals surface area contributed by atoms with Crippen molar-refractivity contribution < 1.29 is 5.11 Å². The number of phenolic OH excluding ortho intramolecular Hbond substituents is 1. The first-order chi connectivity index (χ1) is 13.6. The van der Waals surface area contributed by atoms with Crippen molar-refractivity contribution in [1.29, 1.82) is 0 Å². The third kappa shape index (κ3) is 3.87. The topological polar surface area (TPSA) is 32.6 Å². The minimum atomic E-state index is 0.0581. The highest BCUT2D eigenvalue weighted by atomic mass is 16.3. The molecule has 0 saturated heterocycles. The van der Waals surface area contributed by atoms with Crippen LogP contribution >= 0.6 is 0 Å². The van der Waals surface area contributed by atoms with E-state index in [1.165, 1.54) is 22.3 Å². The van der Waals surface area contributed by atoms with Gasteiger partial charge in [0.15, 0.2) is 0 Å². The zero-order chi connectivity index (χ0) is 19.5. The molecule has 0 aliphatic heterocycles. The normalized spacial score (nSPS) is 15.1. The molecule has 0 radical (unpaired) electrons. The van der Waals surface area contributed by atoms with Crippen molar-refractivity contribution >= 4 is 5.71 Å². The molecule has 4 aliphatic carbocycles. The Morgan fingerprint density at radius 2 is 1.36 bits per heavy atom. The summed E-state index contributed by atoms with van der Waals surface area (Å²) in [6.45, 7) is 4.14. The number of benzene rings is 3. The molecule has 28 heavy (non-hydrogen) atoms. The maximum Gasteiger partial charge on any atom is 0.128 e. The molecule has 0 saturated carbocycles. The third-order valence-electron chi connectivity index (χ3n) is 5.77. The summed E-state index contributed by atoms with van der Waals surface area (Å²) in [4.78, 5) is 4.95. The molecule has 4 bridgehead atoms. The zero-order valence-electron chi connectivity index (χ0n) is 16.7. The van der Waals surface area contributed by atoms with Crippen LogP contribution in [0.1, 0.15) is 53.3 Å². The fraction of sp³-hybridized carbons (Fsp3) is 0.269. The van der Waals surface area contributed by atoms with Gasteiger partial charge in [-0.25, -0.2) is 0 Å². The quantitative estimate of drug-likeness (QED) is 0.577. The van der Waals surface area contributed by atoms with Gasteiger partial charge in [0.05, 0.1) is 6.04 Å². The highest BCUT2D eigenvalue weighted by molar-refractivity contribution is 6.03. The summed E-state index contributed by atoms with van der Waals surface area (Å²) in [5, 5.41) is 11.1. The minimum absolute atomic E-state index is 0.0581. The Kier molecular flexibility index (Phi) is 5.29. The van der Waals surface area contributed by atoms with Crippen molar-refractivity contribution in [3.05, 3.63) is 100 Å². The van der Waals surface area contributed by atoms with Gasteiger partial charge < -0.3 is 5.11 Å². The Morgan fingerprint density at radius 3 is 2.00 bits per heavy atom. The fourth-order valence-corrected chi connectivity index (χ4v) is 4.08. The van der Waals surface area contributed by atoms with Gasteiger partial charge in [0.2, 0.25) is 0 Å². The molecule has 4 aliphatic rings. The number of rotatable bonds is 3. The molecule has 2 nitrogen and oxygen atoms in total. The molecule has 0 fully saturated rings. The summed E-state index contributed by atoms with van der Waals surface area (Å²) in [6, 6.07) is 23.6. The molecule has 0 aromatic heterocycles. The highest BCUT2D eigenvalue weighted by Gasteiger charge is 2.17. The lowest BCUT2D eigenvalue weighted by atomic mass is 9.90. The molecule has 0 spiro atoms. The number of phenols is 1. The van der Waals surface area contributed by atoms with E-state index < -0.39 is 0 Å². The first-order valence-electron chi connectivity index (χ1n) is 10.1. The molecule has 0 amide bonds. The van der Waals surface area contributed by atoms with Crippen molar-refractivity contribution in [3.63, 3.8) is 0 Å². The molecule has 3 aromatic rings. The predicted octanol–water partition coefficient (Wildman–Crippen LogP) is 5.85. The second kappa shape index (κ2) is 8.02. The van der Waals surface area contributed by atoms with Crippen molar-refractivity contribution in [1.82, 2.24) is 0 Å². The van der Waals surface area contributed by atoms with Gasteiger partial charge in [0.1, 0.15) is 5.75 Å². The summed E-state index contributed by atoms with van der Waals surface area (Å²) in [5.41, 5.74) is 7.86. The first kappa shape index (κ1) is 18.5. The largest absolute Gasteiger partial charge is 0.507 e. The lowest BCUT2D eigenvalue weighted by Crippen LogP contribution is -2.08. The van der Waals surface area contributed by atoms with E-state index in [4.69, 9.17) is 4.99 Å². The summed E-state index contributed by atoms with van der Waals surface area (Å²) in [5.74, 6) is 0.411. The second-order valence-electron chi connectivity index (χ2n) is 7.73. The molecule has 3 aromatic carbocycles. The predicted molar refractivity (Wildman–Crippen MR) is 116 cm³/mol. The van der Waals surface area contributed by atoms with E-state index in [9.17, 15) is 5.11 Å². The molecule has 142 valence electrons. The molecule has 2 heteroatoms. The second-order valence-corrected chi connectivity index (χ2v) is 7.73. The molecule has 0 unspecified atom stereocenters. The van der Waals surface area contributed by atoms with Crippen LogP contribution in [-0.2, 0) is 25.7 Å². The van der Waals surface area contributed by atoms with Gasteiger partial charge in [-0.3, -0.25) is 4.99 Å². The highest BCUT2D eigenvalue weighted by Crippen LogP contribution is 2.31. The van der Waals surface area contributed by atoms with E-state index in [2.05, 4.69) is 55.5 Å². The Bertz CT molecular complexity index is 987. The van der Waals surface area contributed by atoms with Crippen LogP contribution in [0.15, 0.2) is 71.7 Å². The monoisotopic (exact) mass is 369 g/mol. The summed E-state index contributed by atoms with van der Waals surface area (Å²) >= 11 is 0. The van der Waals surface area contributed by atoms with Crippen LogP contribution in [0.25, 0.3) is 0 Å². The Morgan fingerprint density at radius 1 is 0.786 bits per heavy atom. The maximum atomic E-state index is 11.1. The third-order valence-corrected chi connectivity index (χ3v) is 5.77. The van der Waals surface area contributed by atoms with Crippen molar-refractivity contribution in [2.45, 2.75) is 45.6 Å². The van der Waals surface area contributed by atoms with E-state index in [1.807, 2.05) is 25.1 Å². The van der Waals surface area contributed by atoms with Crippen molar-refractivity contribution in [2.75, 3.05) is 0 Å². The van der Waals surface area contributed by atoms with E-state index in [-0.39, 0.29) is 6.04 Å². The van der Waals surface area contributed by atoms with E-state index in [0.717, 1.165) is 42.5 Å². The van der Waals surface area contributed by atoms with Gasteiger partial charge in [-0.05, 0) is 67.3 Å². The Hall–Kier alpha value is -2.87. The van der Waals surface area contributed by atoms with Gasteiger partial charge in [0.25, 0.3) is 0 Å². The molecular formula is C26H27NO. The summed E-state index contributed by atoms with van der Waals surface area (Å²) in [6.07, 6.45) is 3.63. The van der Waals surface area contributed by atoms with E-state index in [1.54, 1.807) is 0 Å². The number of nitrogens with zero attached hydrogens (tertiary/aromatic N) is 1. The number of hydrogen-bond acceptors (Lipinski definition) is 2. The van der Waals surface area contributed by atoms with E-state index in [0.29, 0.717) is 5.75 Å². The van der Waals surface area contributed by atoms with Crippen LogP contribution < -0.4 is 0 Å². The van der Waals surface area contributed by atoms with E-state index >= 15 is 0 Å². The SMILES string of the molecule is C/C(=N\[C@@H](C)c1ccccc1)c1c2ccc(c1O)CCc1ccc(cc1)CC2. The van der Waals surface area contributed by atoms with Crippen LogP contribution in [0.2, 0.25) is 0 Å². The summed E-state index contributed by atoms with van der Waals surface area (Å²) < 4.78 is 0. The minimum Gasteiger partial charge on any atom is -0.507 e. The fourth-order valence-electron chi connectivity index (χ4n) is 4.08. The Balaban J connectivity index is 1.73. The van der Waals surface area contributed by atoms with Crippen LogP contribution in [0.4, 0.5) is 0 Å². The molecule has 1 atom stereocenters. The van der Waals surface area contributed by atoms with Crippen LogP contribution in [0, 0.1) is 0 Å². The zero-order valence-corrected chi connectivity index (χ0v) is 16.7. The molecule has 7 rings (SSSR count). The van der Waals surface area contributed by atoms with Gasteiger partial charge >= 0.3 is 0 Å². The van der Waals surface area contributed by atoms with Gasteiger partial charge in [-0.15, -0.1) is 0 Å².